The second kappa shape index (κ2) is 8.28. The number of nitrogens with one attached hydrogen (secondary N) is 1. The second-order valence-electron chi connectivity index (χ2n) is 8.58. The summed E-state index contributed by atoms with van der Waals surface area (Å²) in [7, 11) is 0. The number of pyridine rings is 2. The molecule has 7 heteroatoms. The number of aromatic nitrogens is 4. The number of carbonyl (C=O) groups is 1. The summed E-state index contributed by atoms with van der Waals surface area (Å²) in [6.45, 7) is 8.06. The van der Waals surface area contributed by atoms with Crippen molar-refractivity contribution in [3.05, 3.63) is 65.9 Å². The minimum atomic E-state index is -0.470. The molecule has 7 nitrogen and oxygen atoms in total. The molecule has 1 N–H and O–H groups in total. The molecule has 154 valence electrons. The van der Waals surface area contributed by atoms with Crippen LogP contribution in [-0.2, 0) is 24.3 Å². The highest BCUT2D eigenvalue weighted by Crippen LogP contribution is 2.24. The lowest BCUT2D eigenvalue weighted by molar-refractivity contribution is -0.123. The van der Waals surface area contributed by atoms with Crippen LogP contribution in [0.1, 0.15) is 37.6 Å². The fourth-order valence-corrected chi connectivity index (χ4v) is 3.36. The first-order valence-electron chi connectivity index (χ1n) is 10.1. The van der Waals surface area contributed by atoms with Gasteiger partial charge in [-0.25, -0.2) is 15.0 Å². The first-order chi connectivity index (χ1) is 14.4. The molecule has 0 radical (unpaired) electrons. The quantitative estimate of drug-likeness (QED) is 0.719. The third kappa shape index (κ3) is 4.52. The summed E-state index contributed by atoms with van der Waals surface area (Å²) in [5.74, 6) is 1.33. The van der Waals surface area contributed by atoms with Crippen molar-refractivity contribution in [2.24, 2.45) is 5.41 Å². The van der Waals surface area contributed by atoms with Crippen LogP contribution in [-0.4, -0.2) is 37.3 Å². The predicted molar refractivity (Wildman–Crippen MR) is 115 cm³/mol. The molecule has 1 aliphatic rings. The summed E-state index contributed by atoms with van der Waals surface area (Å²) in [5, 5.41) is 2.98. The molecule has 0 bridgehead atoms. The number of rotatable bonds is 4. The van der Waals surface area contributed by atoms with Crippen molar-refractivity contribution in [3.8, 4) is 11.4 Å². The predicted octanol–water partition coefficient (Wildman–Crippen LogP) is 3.48. The molecule has 3 aromatic rings. The minimum Gasteiger partial charge on any atom is -0.310 e. The zero-order valence-electron chi connectivity index (χ0n) is 17.6. The molecule has 30 heavy (non-hydrogen) atoms. The van der Waals surface area contributed by atoms with Gasteiger partial charge in [0.2, 0.25) is 5.91 Å². The van der Waals surface area contributed by atoms with E-state index in [2.05, 4.69) is 25.2 Å². The molecule has 0 saturated carbocycles. The van der Waals surface area contributed by atoms with Crippen molar-refractivity contribution in [3.63, 3.8) is 0 Å². The summed E-state index contributed by atoms with van der Waals surface area (Å²) in [4.78, 5) is 32.5. The number of hydrogen-bond donors (Lipinski definition) is 1. The molecule has 0 fully saturated rings. The van der Waals surface area contributed by atoms with Crippen LogP contribution in [0.4, 0.5) is 5.82 Å². The average molecular weight is 403 g/mol. The highest BCUT2D eigenvalue weighted by Gasteiger charge is 2.24. The Morgan fingerprint density at radius 1 is 1.13 bits per heavy atom. The van der Waals surface area contributed by atoms with E-state index in [-0.39, 0.29) is 5.91 Å². The van der Waals surface area contributed by atoms with Crippen molar-refractivity contribution < 1.29 is 4.79 Å². The number of anilines is 1. The van der Waals surface area contributed by atoms with E-state index in [1.165, 1.54) is 0 Å². The van der Waals surface area contributed by atoms with Crippen LogP contribution in [0.25, 0.3) is 11.4 Å². The first-order valence-corrected chi connectivity index (χ1v) is 10.1. The molecule has 0 unspecified atom stereocenters. The Hall–Kier alpha value is -3.19. The Balaban J connectivity index is 1.48. The van der Waals surface area contributed by atoms with E-state index in [0.29, 0.717) is 12.4 Å². The maximum Gasteiger partial charge on any atom is 0.230 e. The number of carbonyl (C=O) groups excluding carboxylic acids is 1. The molecule has 0 aliphatic carbocycles. The van der Waals surface area contributed by atoms with E-state index >= 15 is 0 Å². The van der Waals surface area contributed by atoms with Gasteiger partial charge in [0, 0.05) is 72.9 Å². The lowest BCUT2D eigenvalue weighted by atomic mass is 9.95. The zero-order valence-corrected chi connectivity index (χ0v) is 17.6. The highest BCUT2D eigenvalue weighted by molar-refractivity contribution is 5.94. The fourth-order valence-electron chi connectivity index (χ4n) is 3.36. The van der Waals surface area contributed by atoms with Gasteiger partial charge in [0.1, 0.15) is 5.82 Å². The van der Waals surface area contributed by atoms with Crippen molar-refractivity contribution in [2.45, 2.75) is 40.3 Å². The molecule has 4 heterocycles. The van der Waals surface area contributed by atoms with Gasteiger partial charge in [0.25, 0.3) is 0 Å². The molecule has 0 atom stereocenters. The van der Waals surface area contributed by atoms with Gasteiger partial charge < -0.3 is 5.32 Å². The van der Waals surface area contributed by atoms with Gasteiger partial charge in [-0.3, -0.25) is 14.7 Å². The van der Waals surface area contributed by atoms with Gasteiger partial charge in [-0.05, 0) is 18.2 Å². The van der Waals surface area contributed by atoms with E-state index in [4.69, 9.17) is 4.98 Å². The second-order valence-corrected chi connectivity index (χ2v) is 8.58. The number of hydrogen-bond acceptors (Lipinski definition) is 6. The fraction of sp³-hybridized carbons (Fsp3) is 0.348. The number of nitrogens with zero attached hydrogens (tertiary/aromatic N) is 5. The van der Waals surface area contributed by atoms with Crippen molar-refractivity contribution in [1.82, 2.24) is 24.8 Å². The van der Waals surface area contributed by atoms with E-state index < -0.39 is 5.41 Å². The SMILES string of the molecule is CC(C)(C)C(=O)Nc1ncccc1CN1CCc2nc(-c3ccncc3)ncc2C1. The van der Waals surface area contributed by atoms with Crippen LogP contribution in [0.5, 0.6) is 0 Å². The van der Waals surface area contributed by atoms with Crippen molar-refractivity contribution in [2.75, 3.05) is 11.9 Å². The largest absolute Gasteiger partial charge is 0.310 e. The lowest BCUT2D eigenvalue weighted by Crippen LogP contribution is -2.32. The third-order valence-electron chi connectivity index (χ3n) is 5.15. The van der Waals surface area contributed by atoms with E-state index in [1.807, 2.05) is 51.2 Å². The maximum absolute atomic E-state index is 12.4. The topological polar surface area (TPSA) is 83.9 Å². The van der Waals surface area contributed by atoms with E-state index in [9.17, 15) is 4.79 Å². The van der Waals surface area contributed by atoms with Gasteiger partial charge in [0.05, 0.1) is 5.69 Å². The summed E-state index contributed by atoms with van der Waals surface area (Å²) in [6, 6.07) is 7.77. The Morgan fingerprint density at radius 2 is 1.93 bits per heavy atom. The molecule has 4 rings (SSSR count). The Labute approximate surface area is 176 Å². The number of fused-ring (bicyclic) bond motifs is 1. The third-order valence-corrected chi connectivity index (χ3v) is 5.15. The molecule has 0 aromatic carbocycles. The average Bonchev–Trinajstić information content (AvgIpc) is 2.74. The van der Waals surface area contributed by atoms with Crippen LogP contribution < -0.4 is 5.32 Å². The van der Waals surface area contributed by atoms with Crippen LogP contribution in [0.2, 0.25) is 0 Å². The van der Waals surface area contributed by atoms with E-state index in [1.54, 1.807) is 18.6 Å². The first kappa shape index (κ1) is 20.1. The van der Waals surface area contributed by atoms with Crippen molar-refractivity contribution >= 4 is 11.7 Å². The smallest absolute Gasteiger partial charge is 0.230 e. The highest BCUT2D eigenvalue weighted by atomic mass is 16.2. The Bertz CT molecular complexity index is 1050. The number of amides is 1. The molecule has 3 aromatic heterocycles. The monoisotopic (exact) mass is 402 g/mol. The zero-order chi connectivity index (χ0) is 21.1. The van der Waals surface area contributed by atoms with Gasteiger partial charge in [-0.1, -0.05) is 26.8 Å². The minimum absolute atomic E-state index is 0.0384. The molecule has 1 aliphatic heterocycles. The van der Waals surface area contributed by atoms with Gasteiger partial charge in [-0.2, -0.15) is 0 Å². The standard InChI is InChI=1S/C23H26N6O/c1-23(2,3)22(30)28-21-17(5-4-9-25-21)14-29-12-8-19-18(15-29)13-26-20(27-19)16-6-10-24-11-7-16/h4-7,9-11,13H,8,12,14-15H2,1-3H3,(H,25,28,30). The normalized spacial score (nSPS) is 14.2. The van der Waals surface area contributed by atoms with Crippen LogP contribution in [0.3, 0.4) is 0 Å². The van der Waals surface area contributed by atoms with Gasteiger partial charge >= 0.3 is 0 Å². The van der Waals surface area contributed by atoms with Crippen LogP contribution in [0.15, 0.2) is 49.1 Å². The molecular weight excluding hydrogens is 376 g/mol. The van der Waals surface area contributed by atoms with Crippen molar-refractivity contribution in [1.29, 1.82) is 0 Å². The van der Waals surface area contributed by atoms with E-state index in [0.717, 1.165) is 47.7 Å². The molecule has 0 spiro atoms. The molecule has 1 amide bonds. The Kier molecular flexibility index (Phi) is 5.55. The van der Waals surface area contributed by atoms with Crippen LogP contribution in [0, 0.1) is 5.41 Å². The van der Waals surface area contributed by atoms with Gasteiger partial charge in [0.15, 0.2) is 5.82 Å². The maximum atomic E-state index is 12.4. The summed E-state index contributed by atoms with van der Waals surface area (Å²) < 4.78 is 0. The lowest BCUT2D eigenvalue weighted by Gasteiger charge is -2.28. The molecular formula is C23H26N6O. The van der Waals surface area contributed by atoms with Crippen LogP contribution >= 0.6 is 0 Å². The Morgan fingerprint density at radius 3 is 2.70 bits per heavy atom. The summed E-state index contributed by atoms with van der Waals surface area (Å²) in [6.07, 6.45) is 8.00. The van der Waals surface area contributed by atoms with Gasteiger partial charge in [-0.15, -0.1) is 0 Å². The summed E-state index contributed by atoms with van der Waals surface area (Å²) >= 11 is 0. The summed E-state index contributed by atoms with van der Waals surface area (Å²) in [5.41, 5.74) is 3.75. The molecule has 0 saturated heterocycles.